The van der Waals surface area contributed by atoms with Gasteiger partial charge >= 0.3 is 12.1 Å². The van der Waals surface area contributed by atoms with Gasteiger partial charge in [0.15, 0.2) is 0 Å². The number of nitrogens with one attached hydrogen (secondary N) is 2. The highest BCUT2D eigenvalue weighted by atomic mass is 16.6. The summed E-state index contributed by atoms with van der Waals surface area (Å²) in [5.74, 6) is 0.480. The van der Waals surface area contributed by atoms with E-state index in [-0.39, 0.29) is 12.1 Å². The van der Waals surface area contributed by atoms with E-state index in [1.165, 1.54) is 12.7 Å². The van der Waals surface area contributed by atoms with Crippen molar-refractivity contribution >= 4 is 23.5 Å². The number of hydrogen-bond donors (Lipinski definition) is 2. The minimum atomic E-state index is -0.620. The average Bonchev–Trinajstić information content (AvgIpc) is 2.73. The standard InChI is InChI=1S/C25H33N3O4/c1-25(2,3)32-24(30)27-21-17-19(13-14-22(21)31-4)26-23(29)28-15-9-8-12-20(28)16-18-10-6-5-7-11-18/h5-7,10-11,13-14,17,20H,8-9,12,15-16H2,1-4H3,(H,26,29)(H,27,30). The number of likely N-dealkylation sites (tertiary alicyclic amines) is 1. The van der Waals surface area contributed by atoms with Crippen LogP contribution in [-0.4, -0.2) is 42.3 Å². The van der Waals surface area contributed by atoms with Crippen LogP contribution in [0.4, 0.5) is 21.0 Å². The van der Waals surface area contributed by atoms with Gasteiger partial charge in [-0.3, -0.25) is 5.32 Å². The molecule has 2 aromatic rings. The van der Waals surface area contributed by atoms with Gasteiger partial charge in [-0.2, -0.15) is 0 Å². The van der Waals surface area contributed by atoms with E-state index in [1.54, 1.807) is 39.0 Å². The third-order valence-electron chi connectivity index (χ3n) is 5.29. The molecule has 0 bridgehead atoms. The van der Waals surface area contributed by atoms with Crippen LogP contribution in [0.25, 0.3) is 0 Å². The number of anilines is 2. The summed E-state index contributed by atoms with van der Waals surface area (Å²) in [6, 6.07) is 15.4. The van der Waals surface area contributed by atoms with Gasteiger partial charge in [0.05, 0.1) is 12.8 Å². The molecule has 32 heavy (non-hydrogen) atoms. The number of carbonyl (C=O) groups is 2. The number of nitrogens with zero attached hydrogens (tertiary/aromatic N) is 1. The molecule has 1 unspecified atom stereocenters. The summed E-state index contributed by atoms with van der Waals surface area (Å²) in [6.07, 6.45) is 3.34. The second-order valence-corrected chi connectivity index (χ2v) is 9.00. The van der Waals surface area contributed by atoms with Crippen molar-refractivity contribution in [3.8, 4) is 5.75 Å². The van der Waals surface area contributed by atoms with E-state index in [0.717, 1.165) is 32.2 Å². The van der Waals surface area contributed by atoms with E-state index in [1.807, 2.05) is 23.1 Å². The molecule has 1 atom stereocenters. The van der Waals surface area contributed by atoms with Gasteiger partial charge in [0, 0.05) is 18.3 Å². The Morgan fingerprint density at radius 2 is 1.81 bits per heavy atom. The molecule has 3 amide bonds. The lowest BCUT2D eigenvalue weighted by molar-refractivity contribution is 0.0635. The Bertz CT molecular complexity index is 925. The third-order valence-corrected chi connectivity index (χ3v) is 5.29. The highest BCUT2D eigenvalue weighted by molar-refractivity contribution is 5.93. The van der Waals surface area contributed by atoms with Gasteiger partial charge in [-0.05, 0) is 70.2 Å². The molecule has 0 saturated carbocycles. The monoisotopic (exact) mass is 439 g/mol. The van der Waals surface area contributed by atoms with E-state index < -0.39 is 11.7 Å². The number of ether oxygens (including phenoxy) is 2. The van der Waals surface area contributed by atoms with Crippen LogP contribution >= 0.6 is 0 Å². The molecule has 0 radical (unpaired) electrons. The van der Waals surface area contributed by atoms with Crippen LogP contribution in [-0.2, 0) is 11.2 Å². The van der Waals surface area contributed by atoms with Crippen LogP contribution in [0.1, 0.15) is 45.6 Å². The normalized spacial score (nSPS) is 16.2. The molecule has 0 spiro atoms. The summed E-state index contributed by atoms with van der Waals surface area (Å²) in [5.41, 5.74) is 1.61. The van der Waals surface area contributed by atoms with Crippen LogP contribution in [0.15, 0.2) is 48.5 Å². The predicted octanol–water partition coefficient (Wildman–Crippen LogP) is 5.67. The first kappa shape index (κ1) is 23.4. The molecule has 1 heterocycles. The fourth-order valence-electron chi connectivity index (χ4n) is 3.86. The molecule has 0 aromatic heterocycles. The minimum absolute atomic E-state index is 0.140. The van der Waals surface area contributed by atoms with E-state index in [2.05, 4.69) is 22.8 Å². The van der Waals surface area contributed by atoms with Crippen molar-refractivity contribution < 1.29 is 19.1 Å². The van der Waals surface area contributed by atoms with E-state index >= 15 is 0 Å². The fraction of sp³-hybridized carbons (Fsp3) is 0.440. The lowest BCUT2D eigenvalue weighted by Crippen LogP contribution is -2.46. The Morgan fingerprint density at radius 3 is 2.50 bits per heavy atom. The van der Waals surface area contributed by atoms with Gasteiger partial charge in [0.1, 0.15) is 11.4 Å². The first-order valence-electron chi connectivity index (χ1n) is 11.0. The van der Waals surface area contributed by atoms with Crippen LogP contribution in [0.3, 0.4) is 0 Å². The van der Waals surface area contributed by atoms with Gasteiger partial charge in [-0.25, -0.2) is 9.59 Å². The minimum Gasteiger partial charge on any atom is -0.495 e. The Hall–Kier alpha value is -3.22. The highest BCUT2D eigenvalue weighted by Crippen LogP contribution is 2.29. The van der Waals surface area contributed by atoms with Crippen molar-refractivity contribution in [1.29, 1.82) is 0 Å². The van der Waals surface area contributed by atoms with Crippen LogP contribution in [0, 0.1) is 0 Å². The molecule has 1 aliphatic rings. The summed E-state index contributed by atoms with van der Waals surface area (Å²) < 4.78 is 10.7. The Kier molecular flexibility index (Phi) is 7.62. The Balaban J connectivity index is 1.70. The molecule has 7 heteroatoms. The highest BCUT2D eigenvalue weighted by Gasteiger charge is 2.27. The molecule has 172 valence electrons. The average molecular weight is 440 g/mol. The second kappa shape index (κ2) is 10.4. The number of methoxy groups -OCH3 is 1. The molecule has 7 nitrogen and oxygen atoms in total. The maximum atomic E-state index is 13.1. The molecule has 0 aliphatic carbocycles. The molecular formula is C25H33N3O4. The van der Waals surface area contributed by atoms with Gasteiger partial charge in [-0.1, -0.05) is 30.3 Å². The van der Waals surface area contributed by atoms with Crippen molar-refractivity contribution in [2.45, 2.75) is 58.1 Å². The third kappa shape index (κ3) is 6.64. The zero-order valence-electron chi connectivity index (χ0n) is 19.3. The Labute approximate surface area is 190 Å². The number of hydrogen-bond acceptors (Lipinski definition) is 4. The van der Waals surface area contributed by atoms with Gasteiger partial charge < -0.3 is 19.7 Å². The number of carbonyl (C=O) groups excluding carboxylic acids is 2. The van der Waals surface area contributed by atoms with Crippen LogP contribution in [0.2, 0.25) is 0 Å². The lowest BCUT2D eigenvalue weighted by Gasteiger charge is -2.36. The smallest absolute Gasteiger partial charge is 0.412 e. The zero-order valence-corrected chi connectivity index (χ0v) is 19.3. The van der Waals surface area contributed by atoms with Crippen LogP contribution in [0.5, 0.6) is 5.75 Å². The maximum absolute atomic E-state index is 13.1. The molecular weight excluding hydrogens is 406 g/mol. The summed E-state index contributed by atoms with van der Waals surface area (Å²) in [4.78, 5) is 27.2. The van der Waals surface area contributed by atoms with E-state index in [9.17, 15) is 9.59 Å². The van der Waals surface area contributed by atoms with Gasteiger partial charge in [-0.15, -0.1) is 0 Å². The predicted molar refractivity (Wildman–Crippen MR) is 126 cm³/mol. The van der Waals surface area contributed by atoms with Gasteiger partial charge in [0.2, 0.25) is 0 Å². The SMILES string of the molecule is COc1ccc(NC(=O)N2CCCCC2Cc2ccccc2)cc1NC(=O)OC(C)(C)C. The van der Waals surface area contributed by atoms with Crippen molar-refractivity contribution in [2.75, 3.05) is 24.3 Å². The summed E-state index contributed by atoms with van der Waals surface area (Å²) in [5, 5.41) is 5.68. The van der Waals surface area contributed by atoms with Gasteiger partial charge in [0.25, 0.3) is 0 Å². The van der Waals surface area contributed by atoms with Crippen LogP contribution < -0.4 is 15.4 Å². The molecule has 2 aromatic carbocycles. The topological polar surface area (TPSA) is 79.9 Å². The van der Waals surface area contributed by atoms with Crippen molar-refractivity contribution in [3.05, 3.63) is 54.1 Å². The zero-order chi connectivity index (χ0) is 23.1. The first-order valence-corrected chi connectivity index (χ1v) is 11.0. The quantitative estimate of drug-likeness (QED) is 0.629. The number of urea groups is 1. The molecule has 2 N–H and O–H groups in total. The summed E-state index contributed by atoms with van der Waals surface area (Å²) in [6.45, 7) is 6.11. The molecule has 1 saturated heterocycles. The number of rotatable bonds is 5. The molecule has 3 rings (SSSR count). The first-order chi connectivity index (χ1) is 15.2. The van der Waals surface area contributed by atoms with Crippen molar-refractivity contribution in [3.63, 3.8) is 0 Å². The molecule has 1 fully saturated rings. The fourth-order valence-corrected chi connectivity index (χ4v) is 3.86. The molecule has 1 aliphatic heterocycles. The van der Waals surface area contributed by atoms with Crippen molar-refractivity contribution in [2.24, 2.45) is 0 Å². The number of benzene rings is 2. The second-order valence-electron chi connectivity index (χ2n) is 9.00. The number of amides is 3. The van der Waals surface area contributed by atoms with E-state index in [4.69, 9.17) is 9.47 Å². The van der Waals surface area contributed by atoms with Crippen molar-refractivity contribution in [1.82, 2.24) is 4.90 Å². The summed E-state index contributed by atoms with van der Waals surface area (Å²) in [7, 11) is 1.52. The Morgan fingerprint density at radius 1 is 1.06 bits per heavy atom. The lowest BCUT2D eigenvalue weighted by atomic mass is 9.96. The largest absolute Gasteiger partial charge is 0.495 e. The maximum Gasteiger partial charge on any atom is 0.412 e. The number of piperidine rings is 1. The van der Waals surface area contributed by atoms with E-state index in [0.29, 0.717) is 17.1 Å². The summed E-state index contributed by atoms with van der Waals surface area (Å²) >= 11 is 0.